The summed E-state index contributed by atoms with van der Waals surface area (Å²) in [7, 11) is 0. The topological polar surface area (TPSA) is 98.0 Å². The Morgan fingerprint density at radius 1 is 1.19 bits per heavy atom. The molecule has 0 amide bonds. The molecule has 7 nitrogen and oxygen atoms in total. The Hall–Kier alpha value is -2.48. The SMILES string of the molecule is Cc1c(F)cccc1Nc1nc(NN)nc(OC(C)C)n1. The van der Waals surface area contributed by atoms with Gasteiger partial charge in [-0.15, -0.1) is 0 Å². The second-order valence-corrected chi connectivity index (χ2v) is 4.61. The third kappa shape index (κ3) is 3.76. The van der Waals surface area contributed by atoms with E-state index in [9.17, 15) is 4.39 Å². The Labute approximate surface area is 121 Å². The molecule has 0 atom stereocenters. The molecule has 4 N–H and O–H groups in total. The minimum Gasteiger partial charge on any atom is -0.461 e. The van der Waals surface area contributed by atoms with Crippen LogP contribution < -0.4 is 21.3 Å². The summed E-state index contributed by atoms with van der Waals surface area (Å²) in [5, 5.41) is 2.92. The fourth-order valence-electron chi connectivity index (χ4n) is 1.60. The molecular weight excluding hydrogens is 275 g/mol. The maximum atomic E-state index is 13.5. The van der Waals surface area contributed by atoms with Crippen molar-refractivity contribution in [1.29, 1.82) is 0 Å². The monoisotopic (exact) mass is 292 g/mol. The largest absolute Gasteiger partial charge is 0.461 e. The second-order valence-electron chi connectivity index (χ2n) is 4.61. The summed E-state index contributed by atoms with van der Waals surface area (Å²) in [4.78, 5) is 12.1. The number of nitrogens with zero attached hydrogens (tertiary/aromatic N) is 3. The van der Waals surface area contributed by atoms with Crippen molar-refractivity contribution in [3.8, 4) is 6.01 Å². The number of hydrazine groups is 1. The molecule has 0 unspecified atom stereocenters. The van der Waals surface area contributed by atoms with Gasteiger partial charge in [0, 0.05) is 11.3 Å². The number of halogens is 1. The minimum atomic E-state index is -0.315. The van der Waals surface area contributed by atoms with Crippen molar-refractivity contribution >= 4 is 17.6 Å². The molecule has 2 rings (SSSR count). The van der Waals surface area contributed by atoms with Crippen LogP contribution in [0, 0.1) is 12.7 Å². The van der Waals surface area contributed by atoms with Crippen LogP contribution in [0.5, 0.6) is 6.01 Å². The highest BCUT2D eigenvalue weighted by atomic mass is 19.1. The molecule has 0 saturated heterocycles. The zero-order valence-electron chi connectivity index (χ0n) is 12.0. The van der Waals surface area contributed by atoms with Gasteiger partial charge in [0.05, 0.1) is 6.10 Å². The predicted molar refractivity (Wildman–Crippen MR) is 77.8 cm³/mol. The van der Waals surface area contributed by atoms with Crippen molar-refractivity contribution in [3.05, 3.63) is 29.6 Å². The quantitative estimate of drug-likeness (QED) is 0.573. The van der Waals surface area contributed by atoms with Crippen LogP contribution in [0.2, 0.25) is 0 Å². The van der Waals surface area contributed by atoms with Crippen LogP contribution in [-0.2, 0) is 0 Å². The van der Waals surface area contributed by atoms with E-state index in [0.29, 0.717) is 11.3 Å². The molecule has 0 saturated carbocycles. The van der Waals surface area contributed by atoms with Gasteiger partial charge in [-0.1, -0.05) is 6.07 Å². The molecule has 0 fully saturated rings. The third-order valence-electron chi connectivity index (χ3n) is 2.60. The molecule has 0 aliphatic rings. The molecule has 0 spiro atoms. The molecule has 0 aliphatic carbocycles. The molecule has 0 radical (unpaired) electrons. The number of nitrogens with two attached hydrogens (primary N) is 1. The highest BCUT2D eigenvalue weighted by Crippen LogP contribution is 2.22. The number of hydrogen-bond acceptors (Lipinski definition) is 7. The summed E-state index contributed by atoms with van der Waals surface area (Å²) >= 11 is 0. The van der Waals surface area contributed by atoms with E-state index >= 15 is 0 Å². The van der Waals surface area contributed by atoms with Gasteiger partial charge in [0.1, 0.15) is 5.82 Å². The fourth-order valence-corrected chi connectivity index (χ4v) is 1.60. The van der Waals surface area contributed by atoms with Crippen LogP contribution in [0.1, 0.15) is 19.4 Å². The molecule has 112 valence electrons. The van der Waals surface area contributed by atoms with E-state index < -0.39 is 0 Å². The first-order chi connectivity index (χ1) is 9.99. The Morgan fingerprint density at radius 2 is 1.90 bits per heavy atom. The van der Waals surface area contributed by atoms with Gasteiger partial charge in [-0.25, -0.2) is 10.2 Å². The number of ether oxygens (including phenoxy) is 1. The summed E-state index contributed by atoms with van der Waals surface area (Å²) < 4.78 is 18.9. The van der Waals surface area contributed by atoms with Gasteiger partial charge in [0.2, 0.25) is 11.9 Å². The van der Waals surface area contributed by atoms with Gasteiger partial charge >= 0.3 is 6.01 Å². The lowest BCUT2D eigenvalue weighted by Crippen LogP contribution is -2.15. The summed E-state index contributed by atoms with van der Waals surface area (Å²) in [5.41, 5.74) is 3.36. The van der Waals surface area contributed by atoms with Crippen molar-refractivity contribution in [3.63, 3.8) is 0 Å². The van der Waals surface area contributed by atoms with Gasteiger partial charge in [-0.05, 0) is 32.9 Å². The molecule has 2 aromatic rings. The molecule has 21 heavy (non-hydrogen) atoms. The summed E-state index contributed by atoms with van der Waals surface area (Å²) in [6.45, 7) is 5.36. The molecule has 8 heteroatoms. The first kappa shape index (κ1) is 14.9. The molecule has 0 aliphatic heterocycles. The van der Waals surface area contributed by atoms with Crippen LogP contribution in [0.4, 0.5) is 22.0 Å². The van der Waals surface area contributed by atoms with Gasteiger partial charge in [0.25, 0.3) is 0 Å². The molecule has 1 aromatic heterocycles. The summed E-state index contributed by atoms with van der Waals surface area (Å²) in [6, 6.07) is 4.83. The number of benzene rings is 1. The number of hydrogen-bond donors (Lipinski definition) is 3. The van der Waals surface area contributed by atoms with Crippen molar-refractivity contribution in [1.82, 2.24) is 15.0 Å². The summed E-state index contributed by atoms with van der Waals surface area (Å²) in [6.07, 6.45) is -0.0956. The smallest absolute Gasteiger partial charge is 0.323 e. The van der Waals surface area contributed by atoms with E-state index in [2.05, 4.69) is 25.7 Å². The Balaban J connectivity index is 2.32. The van der Waals surface area contributed by atoms with Gasteiger partial charge in [0.15, 0.2) is 0 Å². The highest BCUT2D eigenvalue weighted by molar-refractivity contribution is 5.59. The Morgan fingerprint density at radius 3 is 2.57 bits per heavy atom. The fraction of sp³-hybridized carbons (Fsp3) is 0.308. The van der Waals surface area contributed by atoms with Crippen molar-refractivity contribution in [2.24, 2.45) is 5.84 Å². The highest BCUT2D eigenvalue weighted by Gasteiger charge is 2.10. The van der Waals surface area contributed by atoms with E-state index in [1.807, 2.05) is 13.8 Å². The van der Waals surface area contributed by atoms with Crippen molar-refractivity contribution < 1.29 is 9.13 Å². The van der Waals surface area contributed by atoms with E-state index in [-0.39, 0.29) is 29.8 Å². The number of anilines is 3. The molecular formula is C13H17FN6O. The van der Waals surface area contributed by atoms with Crippen molar-refractivity contribution in [2.75, 3.05) is 10.7 Å². The van der Waals surface area contributed by atoms with Crippen LogP contribution in [0.25, 0.3) is 0 Å². The molecule has 1 heterocycles. The average molecular weight is 292 g/mol. The van der Waals surface area contributed by atoms with Crippen LogP contribution >= 0.6 is 0 Å². The lowest BCUT2D eigenvalue weighted by molar-refractivity contribution is 0.222. The number of nitrogens with one attached hydrogen (secondary N) is 2. The Kier molecular flexibility index (Phi) is 4.49. The lowest BCUT2D eigenvalue weighted by Gasteiger charge is -2.12. The van der Waals surface area contributed by atoms with Crippen molar-refractivity contribution in [2.45, 2.75) is 26.9 Å². The van der Waals surface area contributed by atoms with Gasteiger partial charge in [-0.3, -0.25) is 5.43 Å². The average Bonchev–Trinajstić information content (AvgIpc) is 2.43. The zero-order chi connectivity index (χ0) is 15.4. The standard InChI is InChI=1S/C13H17FN6O/c1-7(2)21-13-18-11(17-12(19-13)20-15)16-10-6-4-5-9(14)8(10)3/h4-7H,15H2,1-3H3,(H2,16,17,18,19,20). The van der Waals surface area contributed by atoms with Gasteiger partial charge in [-0.2, -0.15) is 15.0 Å². The lowest BCUT2D eigenvalue weighted by atomic mass is 10.2. The summed E-state index contributed by atoms with van der Waals surface area (Å²) in [5.74, 6) is 5.37. The maximum absolute atomic E-state index is 13.5. The normalized spacial score (nSPS) is 10.6. The first-order valence-corrected chi connectivity index (χ1v) is 6.41. The molecule has 0 bridgehead atoms. The predicted octanol–water partition coefficient (Wildman–Crippen LogP) is 2.14. The first-order valence-electron chi connectivity index (χ1n) is 6.41. The van der Waals surface area contributed by atoms with Crippen LogP contribution in [-0.4, -0.2) is 21.1 Å². The van der Waals surface area contributed by atoms with E-state index in [0.717, 1.165) is 0 Å². The van der Waals surface area contributed by atoms with E-state index in [1.54, 1.807) is 19.1 Å². The third-order valence-corrected chi connectivity index (χ3v) is 2.60. The number of nitrogen functional groups attached to an aromatic ring is 1. The van der Waals surface area contributed by atoms with Gasteiger partial charge < -0.3 is 10.1 Å². The van der Waals surface area contributed by atoms with Crippen LogP contribution in [0.3, 0.4) is 0 Å². The molecule has 1 aromatic carbocycles. The number of rotatable bonds is 5. The van der Waals surface area contributed by atoms with Crippen LogP contribution in [0.15, 0.2) is 18.2 Å². The van der Waals surface area contributed by atoms with E-state index in [1.165, 1.54) is 6.07 Å². The minimum absolute atomic E-state index is 0.0956. The second kappa shape index (κ2) is 6.31. The number of aromatic nitrogens is 3. The Bertz CT molecular complexity index is 634. The van der Waals surface area contributed by atoms with E-state index in [4.69, 9.17) is 10.6 Å². The zero-order valence-corrected chi connectivity index (χ0v) is 12.0. The maximum Gasteiger partial charge on any atom is 0.323 e.